The molecule has 0 N–H and O–H groups in total. The van der Waals surface area contributed by atoms with Crippen molar-refractivity contribution in [2.24, 2.45) is 16.7 Å². The molecule has 15 heavy (non-hydrogen) atoms. The Morgan fingerprint density at radius 3 is 1.87 bits per heavy atom. The van der Waals surface area contributed by atoms with Gasteiger partial charge in [0, 0.05) is 5.92 Å². The highest BCUT2D eigenvalue weighted by atomic mass is 16.1. The summed E-state index contributed by atoms with van der Waals surface area (Å²) in [6.07, 6.45) is 6.26. The Kier molecular flexibility index (Phi) is 3.63. The van der Waals surface area contributed by atoms with E-state index in [1.165, 1.54) is 25.7 Å². The van der Waals surface area contributed by atoms with Gasteiger partial charge in [-0.15, -0.1) is 0 Å². The summed E-state index contributed by atoms with van der Waals surface area (Å²) in [5, 5.41) is 0. The van der Waals surface area contributed by atoms with Crippen LogP contribution in [0.4, 0.5) is 0 Å². The Hall–Kier alpha value is -0.330. The minimum absolute atomic E-state index is 0.255. The van der Waals surface area contributed by atoms with Gasteiger partial charge in [-0.3, -0.25) is 4.79 Å². The third kappa shape index (κ3) is 1.98. The third-order valence-corrected chi connectivity index (χ3v) is 5.10. The molecule has 2 atom stereocenters. The van der Waals surface area contributed by atoms with Crippen molar-refractivity contribution >= 4 is 5.78 Å². The first kappa shape index (κ1) is 12.7. The van der Waals surface area contributed by atoms with E-state index >= 15 is 0 Å². The molecule has 1 heteroatoms. The summed E-state index contributed by atoms with van der Waals surface area (Å²) >= 11 is 0. The smallest absolute Gasteiger partial charge is 0.132 e. The number of hydrogen-bond acceptors (Lipinski definition) is 1. The second-order valence-electron chi connectivity index (χ2n) is 5.51. The molecule has 1 nitrogen and oxygen atoms in total. The number of carbonyl (C=O) groups is 1. The average Bonchev–Trinajstić information content (AvgIpc) is 2.87. The van der Waals surface area contributed by atoms with Crippen LogP contribution in [-0.4, -0.2) is 5.78 Å². The maximum absolute atomic E-state index is 11.4. The zero-order valence-electron chi connectivity index (χ0n) is 11.0. The van der Waals surface area contributed by atoms with Crippen LogP contribution in [0.15, 0.2) is 0 Å². The first-order chi connectivity index (χ1) is 6.97. The standard InChI is InChI=1S/C14H26O/c1-6-13(7-2)10-14(13,8-3)9-11(4)12(5)15/h11H,6-10H2,1-5H3/t11?,14-/m1/s1. The maximum atomic E-state index is 11.4. The van der Waals surface area contributed by atoms with Gasteiger partial charge in [0.1, 0.15) is 5.78 Å². The molecule has 1 unspecified atom stereocenters. The van der Waals surface area contributed by atoms with E-state index < -0.39 is 0 Å². The van der Waals surface area contributed by atoms with Crippen LogP contribution in [0.2, 0.25) is 0 Å². The van der Waals surface area contributed by atoms with Gasteiger partial charge in [0.2, 0.25) is 0 Å². The third-order valence-electron chi connectivity index (χ3n) is 5.10. The molecular weight excluding hydrogens is 184 g/mol. The first-order valence-electron chi connectivity index (χ1n) is 6.47. The summed E-state index contributed by atoms with van der Waals surface area (Å²) in [7, 11) is 0. The van der Waals surface area contributed by atoms with Gasteiger partial charge in [-0.25, -0.2) is 0 Å². The van der Waals surface area contributed by atoms with E-state index in [9.17, 15) is 4.79 Å². The van der Waals surface area contributed by atoms with E-state index in [1.54, 1.807) is 6.92 Å². The molecule has 0 aromatic heterocycles. The topological polar surface area (TPSA) is 17.1 Å². The predicted molar refractivity (Wildman–Crippen MR) is 64.8 cm³/mol. The summed E-state index contributed by atoms with van der Waals surface area (Å²) in [6.45, 7) is 10.7. The molecule has 1 aliphatic carbocycles. The average molecular weight is 210 g/mol. The van der Waals surface area contributed by atoms with Crippen molar-refractivity contribution < 1.29 is 4.79 Å². The van der Waals surface area contributed by atoms with Crippen molar-refractivity contribution in [1.29, 1.82) is 0 Å². The molecule has 0 aromatic rings. The summed E-state index contributed by atoms with van der Waals surface area (Å²) in [5.74, 6) is 0.612. The minimum atomic E-state index is 0.255. The van der Waals surface area contributed by atoms with Gasteiger partial charge < -0.3 is 0 Å². The number of carbonyl (C=O) groups excluding carboxylic acids is 1. The molecule has 1 aliphatic rings. The second-order valence-corrected chi connectivity index (χ2v) is 5.51. The summed E-state index contributed by atoms with van der Waals surface area (Å²) in [5.41, 5.74) is 1.05. The Morgan fingerprint density at radius 2 is 1.60 bits per heavy atom. The molecule has 1 saturated carbocycles. The van der Waals surface area contributed by atoms with Crippen LogP contribution in [0, 0.1) is 16.7 Å². The van der Waals surface area contributed by atoms with Crippen molar-refractivity contribution in [2.45, 2.75) is 66.7 Å². The largest absolute Gasteiger partial charge is 0.300 e. The molecule has 0 heterocycles. The Labute approximate surface area is 94.6 Å². The Balaban J connectivity index is 2.70. The van der Waals surface area contributed by atoms with Crippen LogP contribution in [-0.2, 0) is 4.79 Å². The van der Waals surface area contributed by atoms with Gasteiger partial charge >= 0.3 is 0 Å². The zero-order valence-corrected chi connectivity index (χ0v) is 11.0. The van der Waals surface area contributed by atoms with E-state index in [-0.39, 0.29) is 5.92 Å². The number of rotatable bonds is 6. The van der Waals surface area contributed by atoms with Crippen LogP contribution >= 0.6 is 0 Å². The van der Waals surface area contributed by atoms with E-state index in [1.807, 2.05) is 0 Å². The second kappa shape index (κ2) is 4.27. The fourth-order valence-electron chi connectivity index (χ4n) is 3.52. The van der Waals surface area contributed by atoms with Crippen molar-refractivity contribution in [1.82, 2.24) is 0 Å². The molecule has 0 saturated heterocycles. The van der Waals surface area contributed by atoms with Crippen LogP contribution in [0.1, 0.15) is 66.7 Å². The van der Waals surface area contributed by atoms with Crippen molar-refractivity contribution in [2.75, 3.05) is 0 Å². The van der Waals surface area contributed by atoms with Crippen LogP contribution < -0.4 is 0 Å². The van der Waals surface area contributed by atoms with E-state index in [0.717, 1.165) is 6.42 Å². The van der Waals surface area contributed by atoms with Crippen LogP contribution in [0.25, 0.3) is 0 Å². The van der Waals surface area contributed by atoms with E-state index in [4.69, 9.17) is 0 Å². The zero-order chi connectivity index (χ0) is 11.7. The number of Topliss-reactive ketones (excluding diaryl/α,β-unsaturated/α-hetero) is 1. The molecular formula is C14H26O. The molecule has 0 aromatic carbocycles. The quantitative estimate of drug-likeness (QED) is 0.642. The molecule has 0 bridgehead atoms. The van der Waals surface area contributed by atoms with Crippen LogP contribution in [0.5, 0.6) is 0 Å². The lowest BCUT2D eigenvalue weighted by atomic mass is 9.79. The number of hydrogen-bond donors (Lipinski definition) is 0. The lowest BCUT2D eigenvalue weighted by Gasteiger charge is -2.25. The van der Waals surface area contributed by atoms with Gasteiger partial charge in [0.25, 0.3) is 0 Å². The van der Waals surface area contributed by atoms with Crippen molar-refractivity contribution in [3.05, 3.63) is 0 Å². The monoisotopic (exact) mass is 210 g/mol. The van der Waals surface area contributed by atoms with Crippen molar-refractivity contribution in [3.8, 4) is 0 Å². The molecule has 0 amide bonds. The van der Waals surface area contributed by atoms with Crippen LogP contribution in [0.3, 0.4) is 0 Å². The predicted octanol–water partition coefficient (Wildman–Crippen LogP) is 4.21. The summed E-state index contributed by atoms with van der Waals surface area (Å²) in [6, 6.07) is 0. The molecule has 88 valence electrons. The highest BCUT2D eigenvalue weighted by Crippen LogP contribution is 2.72. The fourth-order valence-corrected chi connectivity index (χ4v) is 3.52. The Morgan fingerprint density at radius 1 is 1.13 bits per heavy atom. The van der Waals surface area contributed by atoms with Crippen molar-refractivity contribution in [3.63, 3.8) is 0 Å². The minimum Gasteiger partial charge on any atom is -0.300 e. The fraction of sp³-hybridized carbons (Fsp3) is 0.929. The van der Waals surface area contributed by atoms with E-state index in [2.05, 4.69) is 27.7 Å². The van der Waals surface area contributed by atoms with Gasteiger partial charge in [0.15, 0.2) is 0 Å². The highest BCUT2D eigenvalue weighted by Gasteiger charge is 2.63. The van der Waals surface area contributed by atoms with E-state index in [0.29, 0.717) is 16.6 Å². The van der Waals surface area contributed by atoms with Gasteiger partial charge in [-0.05, 0) is 49.9 Å². The SMILES string of the molecule is CCC1(CC)C[C@@]1(CC)CC(C)C(C)=O. The first-order valence-corrected chi connectivity index (χ1v) is 6.47. The van der Waals surface area contributed by atoms with Gasteiger partial charge in [0.05, 0.1) is 0 Å². The molecule has 0 radical (unpaired) electrons. The molecule has 0 spiro atoms. The highest BCUT2D eigenvalue weighted by molar-refractivity contribution is 5.78. The lowest BCUT2D eigenvalue weighted by Crippen LogP contribution is -2.19. The van der Waals surface area contributed by atoms with Gasteiger partial charge in [-0.2, -0.15) is 0 Å². The molecule has 1 fully saturated rings. The number of ketones is 1. The summed E-state index contributed by atoms with van der Waals surface area (Å²) < 4.78 is 0. The van der Waals surface area contributed by atoms with Gasteiger partial charge in [-0.1, -0.05) is 27.7 Å². The Bertz CT molecular complexity index is 240. The molecule has 1 rings (SSSR count). The summed E-state index contributed by atoms with van der Waals surface area (Å²) in [4.78, 5) is 11.4. The normalized spacial score (nSPS) is 29.9. The maximum Gasteiger partial charge on any atom is 0.132 e. The lowest BCUT2D eigenvalue weighted by molar-refractivity contribution is -0.121. The molecule has 0 aliphatic heterocycles.